The molecule has 4 heterocycles. The van der Waals surface area contributed by atoms with E-state index in [-0.39, 0.29) is 43.7 Å². The van der Waals surface area contributed by atoms with Crippen LogP contribution in [-0.4, -0.2) is 23.9 Å². The first-order valence-corrected chi connectivity index (χ1v) is 21.0. The summed E-state index contributed by atoms with van der Waals surface area (Å²) >= 11 is 0. The van der Waals surface area contributed by atoms with Gasteiger partial charge in [0, 0.05) is 33.2 Å². The molecule has 61 heavy (non-hydrogen) atoms. The van der Waals surface area contributed by atoms with Crippen LogP contribution >= 0.6 is 0 Å². The summed E-state index contributed by atoms with van der Waals surface area (Å²) in [6, 6.07) is 41.5. The molecular formula is C53H52N5O2Pt-. The van der Waals surface area contributed by atoms with Gasteiger partial charge < -0.3 is 9.15 Å². The molecule has 9 aromatic rings. The Hall–Kier alpha value is -5.78. The minimum absolute atomic E-state index is 0. The van der Waals surface area contributed by atoms with Crippen molar-refractivity contribution in [3.63, 3.8) is 0 Å². The van der Waals surface area contributed by atoms with Gasteiger partial charge in [-0.25, -0.2) is 9.97 Å². The number of hydrogen-bond acceptors (Lipinski definition) is 5. The van der Waals surface area contributed by atoms with Crippen LogP contribution in [0.1, 0.15) is 103 Å². The molecule has 8 heteroatoms. The summed E-state index contributed by atoms with van der Waals surface area (Å²) in [4.78, 5) is 15.0. The fourth-order valence-electron chi connectivity index (χ4n) is 8.12. The number of benzene rings is 5. The zero-order chi connectivity index (χ0) is 42.1. The Balaban J connectivity index is 0.00000514. The number of fused-ring (bicyclic) bond motifs is 4. The van der Waals surface area contributed by atoms with Crippen LogP contribution < -0.4 is 4.74 Å². The third-order valence-corrected chi connectivity index (χ3v) is 11.5. The number of aromatic nitrogens is 5. The summed E-state index contributed by atoms with van der Waals surface area (Å²) in [6.07, 6.45) is 3.52. The molecule has 0 radical (unpaired) electrons. The topological polar surface area (TPSA) is 70.4 Å². The van der Waals surface area contributed by atoms with E-state index in [1.807, 2.05) is 40.8 Å². The molecule has 0 unspecified atom stereocenters. The van der Waals surface area contributed by atoms with Crippen molar-refractivity contribution in [2.24, 2.45) is 0 Å². The van der Waals surface area contributed by atoms with Gasteiger partial charge in [0.05, 0.1) is 34.0 Å². The molecule has 4 aromatic heterocycles. The summed E-state index contributed by atoms with van der Waals surface area (Å²) in [7, 11) is 0. The van der Waals surface area contributed by atoms with Crippen LogP contribution in [0.2, 0.25) is 0 Å². The van der Waals surface area contributed by atoms with Crippen LogP contribution in [0.5, 0.6) is 11.6 Å². The molecule has 7 nitrogen and oxygen atoms in total. The summed E-state index contributed by atoms with van der Waals surface area (Å²) in [5, 5.41) is 0. The molecular weight excluding hydrogens is 934 g/mol. The Bertz CT molecular complexity index is 3020. The van der Waals surface area contributed by atoms with Gasteiger partial charge in [-0.05, 0) is 74.4 Å². The molecule has 5 aromatic carbocycles. The van der Waals surface area contributed by atoms with Gasteiger partial charge in [-0.1, -0.05) is 130 Å². The standard InChI is InChI=1S/C53H52N5O2.Pt/c1-32(2)40-26-38(53(8,9)10)27-41(33(3)4)49(40)58-45-22-15-14-21-43(45)56-51(58)42-28-39(29-46-50(42)60-48-30-54-31-57(46)48)59-47-25-36(34-17-12-11-13-18-34)24-44(55-47)35-19-16-20-37(23-35)52(5,6)7;/h11-18,20-33H,1-10H3;/q-1;. The van der Waals surface area contributed by atoms with E-state index in [9.17, 15) is 0 Å². The van der Waals surface area contributed by atoms with Crippen LogP contribution in [0, 0.1) is 6.07 Å². The quantitative estimate of drug-likeness (QED) is 0.142. The average Bonchev–Trinajstić information content (AvgIpc) is 3.94. The van der Waals surface area contributed by atoms with Gasteiger partial charge in [0.15, 0.2) is 5.58 Å². The second-order valence-electron chi connectivity index (χ2n) is 18.6. The van der Waals surface area contributed by atoms with E-state index < -0.39 is 0 Å². The van der Waals surface area contributed by atoms with Gasteiger partial charge in [0.25, 0.3) is 0 Å². The minimum Gasteiger partial charge on any atom is -0.440 e. The molecule has 0 N–H and O–H groups in total. The van der Waals surface area contributed by atoms with Crippen LogP contribution in [0.3, 0.4) is 0 Å². The largest absolute Gasteiger partial charge is 0.440 e. The van der Waals surface area contributed by atoms with Crippen molar-refractivity contribution in [1.29, 1.82) is 0 Å². The van der Waals surface area contributed by atoms with Crippen molar-refractivity contribution in [2.45, 2.75) is 91.9 Å². The van der Waals surface area contributed by atoms with E-state index in [1.54, 1.807) is 12.5 Å². The van der Waals surface area contributed by atoms with Crippen molar-refractivity contribution in [3.05, 3.63) is 150 Å². The van der Waals surface area contributed by atoms with Gasteiger partial charge in [0.2, 0.25) is 11.6 Å². The van der Waals surface area contributed by atoms with E-state index in [0.29, 0.717) is 22.9 Å². The Morgan fingerprint density at radius 2 is 1.38 bits per heavy atom. The molecule has 0 spiro atoms. The van der Waals surface area contributed by atoms with Gasteiger partial charge in [-0.2, -0.15) is 0 Å². The first kappa shape index (κ1) is 41.9. The van der Waals surface area contributed by atoms with E-state index in [2.05, 4.69) is 158 Å². The number of nitrogens with zero attached hydrogens (tertiary/aromatic N) is 5. The predicted molar refractivity (Wildman–Crippen MR) is 245 cm³/mol. The smallest absolute Gasteiger partial charge is 0.224 e. The molecule has 0 bridgehead atoms. The SMILES string of the molecule is CC(C)c1cc(C(C)(C)C)cc(C(C)C)c1-n1c(-c2cc(Oc3cc(-c4ccccc4)cc(-c4[c-]ccc(C(C)(C)C)c4)n3)cc3c2oc2cncn23)nc2ccccc21.[Pt]. The molecule has 0 saturated heterocycles. The molecule has 312 valence electrons. The first-order chi connectivity index (χ1) is 28.6. The van der Waals surface area contributed by atoms with Gasteiger partial charge >= 0.3 is 0 Å². The molecule has 0 aliphatic rings. The molecule has 0 fully saturated rings. The maximum Gasteiger partial charge on any atom is 0.224 e. The van der Waals surface area contributed by atoms with E-state index in [4.69, 9.17) is 19.1 Å². The maximum absolute atomic E-state index is 6.92. The van der Waals surface area contributed by atoms with E-state index in [0.717, 1.165) is 56.0 Å². The molecule has 0 amide bonds. The first-order valence-electron chi connectivity index (χ1n) is 21.0. The zero-order valence-corrected chi connectivity index (χ0v) is 38.8. The van der Waals surface area contributed by atoms with Gasteiger partial charge in [-0.15, -0.1) is 35.4 Å². The Kier molecular flexibility index (Phi) is 10.9. The molecule has 9 rings (SSSR count). The Morgan fingerprint density at radius 1 is 0.689 bits per heavy atom. The number of rotatable bonds is 8. The second-order valence-corrected chi connectivity index (χ2v) is 18.6. The van der Waals surface area contributed by atoms with Crippen molar-refractivity contribution in [3.8, 4) is 51.1 Å². The predicted octanol–water partition coefficient (Wildman–Crippen LogP) is 14.2. The van der Waals surface area contributed by atoms with Crippen LogP contribution in [0.4, 0.5) is 0 Å². The number of imidazole rings is 2. The van der Waals surface area contributed by atoms with Crippen molar-refractivity contribution in [1.82, 2.24) is 23.9 Å². The van der Waals surface area contributed by atoms with E-state index in [1.165, 1.54) is 22.3 Å². The normalized spacial score (nSPS) is 12.3. The van der Waals surface area contributed by atoms with Crippen molar-refractivity contribution >= 4 is 27.8 Å². The van der Waals surface area contributed by atoms with Crippen LogP contribution in [0.25, 0.3) is 67.3 Å². The summed E-state index contributed by atoms with van der Waals surface area (Å²) in [5.74, 6) is 2.32. The Labute approximate surface area is 373 Å². The second kappa shape index (κ2) is 15.9. The third-order valence-electron chi connectivity index (χ3n) is 11.5. The molecule has 0 saturated carbocycles. The monoisotopic (exact) mass is 985 g/mol. The van der Waals surface area contributed by atoms with Crippen LogP contribution in [-0.2, 0) is 31.9 Å². The number of para-hydroxylation sites is 2. The maximum atomic E-state index is 6.92. The Morgan fingerprint density at radius 3 is 2.07 bits per heavy atom. The minimum atomic E-state index is -0.0354. The molecule has 0 atom stereocenters. The fourth-order valence-corrected chi connectivity index (χ4v) is 8.12. The molecule has 0 aliphatic carbocycles. The number of hydrogen-bond donors (Lipinski definition) is 0. The summed E-state index contributed by atoms with van der Waals surface area (Å²) < 4.78 is 17.9. The van der Waals surface area contributed by atoms with Crippen molar-refractivity contribution in [2.75, 3.05) is 0 Å². The fraction of sp³-hybridized carbons (Fsp3) is 0.264. The van der Waals surface area contributed by atoms with Crippen molar-refractivity contribution < 1.29 is 30.2 Å². The summed E-state index contributed by atoms with van der Waals surface area (Å²) in [6.45, 7) is 22.7. The number of oxazole rings is 1. The van der Waals surface area contributed by atoms with Gasteiger partial charge in [0.1, 0.15) is 17.9 Å². The van der Waals surface area contributed by atoms with Crippen LogP contribution in [0.15, 0.2) is 126 Å². The summed E-state index contributed by atoms with van der Waals surface area (Å²) in [5.41, 5.74) is 14.8. The van der Waals surface area contributed by atoms with Gasteiger partial charge in [-0.3, -0.25) is 14.0 Å². The molecule has 0 aliphatic heterocycles. The number of pyridine rings is 1. The third kappa shape index (κ3) is 7.85. The zero-order valence-electron chi connectivity index (χ0n) is 36.6. The van der Waals surface area contributed by atoms with E-state index >= 15 is 0 Å². The average molecular weight is 986 g/mol. The number of ether oxygens (including phenoxy) is 1.